The Kier molecular flexibility index (Phi) is 4.74. The predicted molar refractivity (Wildman–Crippen MR) is 55.8 cm³/mol. The monoisotopic (exact) mass is 185 g/mol. The normalized spacial score (nSPS) is 27.5. The number of piperidine rings is 1. The van der Waals surface area contributed by atoms with Crippen LogP contribution in [0.2, 0.25) is 0 Å². The second kappa shape index (κ2) is 5.61. The summed E-state index contributed by atoms with van der Waals surface area (Å²) in [5, 5.41) is 9.00. The minimum atomic E-state index is 0.326. The highest BCUT2D eigenvalue weighted by molar-refractivity contribution is 4.76. The molecular formula is C11H23NO. The summed E-state index contributed by atoms with van der Waals surface area (Å²) in [6.45, 7) is 7.04. The van der Waals surface area contributed by atoms with Gasteiger partial charge in [0.15, 0.2) is 0 Å². The van der Waals surface area contributed by atoms with Gasteiger partial charge in [-0.2, -0.15) is 0 Å². The number of hydrogen-bond acceptors (Lipinski definition) is 2. The summed E-state index contributed by atoms with van der Waals surface area (Å²) in [5.74, 6) is 0.437. The molecule has 1 fully saturated rings. The van der Waals surface area contributed by atoms with Crippen molar-refractivity contribution < 1.29 is 5.11 Å². The molecule has 0 bridgehead atoms. The molecule has 1 N–H and O–H groups in total. The largest absolute Gasteiger partial charge is 0.396 e. The number of rotatable bonds is 4. The van der Waals surface area contributed by atoms with E-state index in [1.165, 1.54) is 32.2 Å². The number of nitrogens with zero attached hydrogens (tertiary/aromatic N) is 1. The van der Waals surface area contributed by atoms with E-state index >= 15 is 0 Å². The van der Waals surface area contributed by atoms with Crippen LogP contribution < -0.4 is 0 Å². The van der Waals surface area contributed by atoms with Gasteiger partial charge in [-0.3, -0.25) is 0 Å². The standard InChI is InChI=1S/C11H23NO/c1-3-11-6-4-5-7-12(11)8-10(2)9-13/h10-11,13H,3-9H2,1-2H3. The first-order chi connectivity index (χ1) is 6.27. The fourth-order valence-corrected chi connectivity index (χ4v) is 2.22. The van der Waals surface area contributed by atoms with Crippen molar-refractivity contribution >= 4 is 0 Å². The van der Waals surface area contributed by atoms with E-state index in [0.717, 1.165) is 12.6 Å². The van der Waals surface area contributed by atoms with Crippen LogP contribution in [-0.2, 0) is 0 Å². The zero-order valence-electron chi connectivity index (χ0n) is 9.00. The quantitative estimate of drug-likeness (QED) is 0.723. The average molecular weight is 185 g/mol. The van der Waals surface area contributed by atoms with Gasteiger partial charge in [0, 0.05) is 19.2 Å². The molecule has 0 saturated carbocycles. The Morgan fingerprint density at radius 2 is 2.23 bits per heavy atom. The maximum atomic E-state index is 9.00. The third kappa shape index (κ3) is 3.28. The molecule has 1 rings (SSSR count). The molecule has 78 valence electrons. The molecule has 0 aromatic rings. The third-order valence-electron chi connectivity index (χ3n) is 3.08. The lowest BCUT2D eigenvalue weighted by Crippen LogP contribution is -2.42. The van der Waals surface area contributed by atoms with Gasteiger partial charge in [0.1, 0.15) is 0 Å². The molecule has 0 aromatic heterocycles. The number of aliphatic hydroxyl groups is 1. The zero-order chi connectivity index (χ0) is 9.68. The van der Waals surface area contributed by atoms with Gasteiger partial charge in [-0.1, -0.05) is 20.3 Å². The van der Waals surface area contributed by atoms with Crippen LogP contribution in [0.25, 0.3) is 0 Å². The summed E-state index contributed by atoms with van der Waals surface area (Å²) < 4.78 is 0. The number of aliphatic hydroxyl groups excluding tert-OH is 1. The molecule has 13 heavy (non-hydrogen) atoms. The van der Waals surface area contributed by atoms with Gasteiger partial charge in [-0.25, -0.2) is 0 Å². The van der Waals surface area contributed by atoms with Crippen LogP contribution in [0.4, 0.5) is 0 Å². The van der Waals surface area contributed by atoms with E-state index < -0.39 is 0 Å². The predicted octanol–water partition coefficient (Wildman–Crippen LogP) is 1.88. The molecule has 1 heterocycles. The molecule has 1 saturated heterocycles. The molecule has 2 heteroatoms. The number of hydrogen-bond donors (Lipinski definition) is 1. The summed E-state index contributed by atoms with van der Waals surface area (Å²) in [6, 6.07) is 0.780. The Morgan fingerprint density at radius 1 is 1.46 bits per heavy atom. The highest BCUT2D eigenvalue weighted by Gasteiger charge is 2.21. The highest BCUT2D eigenvalue weighted by Crippen LogP contribution is 2.20. The SMILES string of the molecule is CCC1CCCCN1CC(C)CO. The van der Waals surface area contributed by atoms with E-state index in [2.05, 4.69) is 18.7 Å². The lowest BCUT2D eigenvalue weighted by Gasteiger charge is -2.36. The van der Waals surface area contributed by atoms with Crippen molar-refractivity contribution in [2.24, 2.45) is 5.92 Å². The van der Waals surface area contributed by atoms with E-state index in [0.29, 0.717) is 12.5 Å². The van der Waals surface area contributed by atoms with Crippen LogP contribution in [0, 0.1) is 5.92 Å². The lowest BCUT2D eigenvalue weighted by molar-refractivity contribution is 0.104. The molecule has 1 aliphatic heterocycles. The summed E-state index contributed by atoms with van der Waals surface area (Å²) in [4.78, 5) is 2.56. The molecular weight excluding hydrogens is 162 g/mol. The van der Waals surface area contributed by atoms with Crippen LogP contribution in [0.15, 0.2) is 0 Å². The first-order valence-electron chi connectivity index (χ1n) is 5.62. The minimum absolute atomic E-state index is 0.326. The van der Waals surface area contributed by atoms with E-state index in [1.807, 2.05) is 0 Å². The van der Waals surface area contributed by atoms with Crippen LogP contribution in [-0.4, -0.2) is 35.7 Å². The minimum Gasteiger partial charge on any atom is -0.396 e. The van der Waals surface area contributed by atoms with Crippen LogP contribution >= 0.6 is 0 Å². The summed E-state index contributed by atoms with van der Waals surface area (Å²) in [5.41, 5.74) is 0. The van der Waals surface area contributed by atoms with E-state index in [9.17, 15) is 0 Å². The van der Waals surface area contributed by atoms with Crippen LogP contribution in [0.3, 0.4) is 0 Å². The first kappa shape index (κ1) is 11.0. The van der Waals surface area contributed by atoms with Crippen molar-refractivity contribution in [3.63, 3.8) is 0 Å². The van der Waals surface area contributed by atoms with Crippen LogP contribution in [0.1, 0.15) is 39.5 Å². The van der Waals surface area contributed by atoms with Crippen molar-refractivity contribution in [1.29, 1.82) is 0 Å². The van der Waals surface area contributed by atoms with Gasteiger partial charge in [-0.15, -0.1) is 0 Å². The second-order valence-corrected chi connectivity index (χ2v) is 4.34. The maximum absolute atomic E-state index is 9.00. The molecule has 0 spiro atoms. The fraction of sp³-hybridized carbons (Fsp3) is 1.00. The molecule has 2 nitrogen and oxygen atoms in total. The topological polar surface area (TPSA) is 23.5 Å². The van der Waals surface area contributed by atoms with E-state index in [-0.39, 0.29) is 0 Å². The Labute approximate surface area is 81.9 Å². The molecule has 2 atom stereocenters. The van der Waals surface area contributed by atoms with Gasteiger partial charge in [-0.05, 0) is 31.7 Å². The highest BCUT2D eigenvalue weighted by atomic mass is 16.3. The van der Waals surface area contributed by atoms with Crippen molar-refractivity contribution in [2.45, 2.75) is 45.6 Å². The summed E-state index contributed by atoms with van der Waals surface area (Å²) in [6.07, 6.45) is 5.35. The number of likely N-dealkylation sites (tertiary alicyclic amines) is 1. The Bertz CT molecular complexity index is 138. The smallest absolute Gasteiger partial charge is 0.0468 e. The Hall–Kier alpha value is -0.0800. The maximum Gasteiger partial charge on any atom is 0.0468 e. The van der Waals surface area contributed by atoms with Crippen LogP contribution in [0.5, 0.6) is 0 Å². The molecule has 0 aromatic carbocycles. The van der Waals surface area contributed by atoms with Crippen molar-refractivity contribution in [3.8, 4) is 0 Å². The molecule has 0 amide bonds. The summed E-state index contributed by atoms with van der Waals surface area (Å²) in [7, 11) is 0. The molecule has 0 radical (unpaired) electrons. The Balaban J connectivity index is 2.35. The van der Waals surface area contributed by atoms with E-state index in [4.69, 9.17) is 5.11 Å². The lowest BCUT2D eigenvalue weighted by atomic mass is 9.98. The van der Waals surface area contributed by atoms with Gasteiger partial charge in [0.25, 0.3) is 0 Å². The molecule has 2 unspecified atom stereocenters. The van der Waals surface area contributed by atoms with Crippen molar-refractivity contribution in [2.75, 3.05) is 19.7 Å². The Morgan fingerprint density at radius 3 is 2.85 bits per heavy atom. The molecule has 1 aliphatic rings. The van der Waals surface area contributed by atoms with Crippen molar-refractivity contribution in [3.05, 3.63) is 0 Å². The third-order valence-corrected chi connectivity index (χ3v) is 3.08. The van der Waals surface area contributed by atoms with Gasteiger partial charge in [0.05, 0.1) is 0 Å². The zero-order valence-corrected chi connectivity index (χ0v) is 9.00. The average Bonchev–Trinajstić information content (AvgIpc) is 2.18. The second-order valence-electron chi connectivity index (χ2n) is 4.34. The van der Waals surface area contributed by atoms with Crippen molar-refractivity contribution in [1.82, 2.24) is 4.90 Å². The van der Waals surface area contributed by atoms with Gasteiger partial charge < -0.3 is 10.0 Å². The summed E-state index contributed by atoms with van der Waals surface area (Å²) >= 11 is 0. The molecule has 0 aliphatic carbocycles. The van der Waals surface area contributed by atoms with Gasteiger partial charge in [0.2, 0.25) is 0 Å². The first-order valence-corrected chi connectivity index (χ1v) is 5.62. The van der Waals surface area contributed by atoms with E-state index in [1.54, 1.807) is 0 Å². The fourth-order valence-electron chi connectivity index (χ4n) is 2.22. The van der Waals surface area contributed by atoms with Gasteiger partial charge >= 0.3 is 0 Å².